The van der Waals surface area contributed by atoms with E-state index < -0.39 is 0 Å². The smallest absolute Gasteiger partial charge is 0.246 e. The number of nitrogens with one attached hydrogen (secondary N) is 1. The summed E-state index contributed by atoms with van der Waals surface area (Å²) < 4.78 is 10.7. The highest BCUT2D eigenvalue weighted by Gasteiger charge is 2.10. The molecule has 0 aliphatic carbocycles. The lowest BCUT2D eigenvalue weighted by Gasteiger charge is -2.06. The summed E-state index contributed by atoms with van der Waals surface area (Å²) in [6, 6.07) is 11.7. The predicted octanol–water partition coefficient (Wildman–Crippen LogP) is 3.58. The van der Waals surface area contributed by atoms with Crippen molar-refractivity contribution >= 4 is 17.2 Å². The summed E-state index contributed by atoms with van der Waals surface area (Å²) in [4.78, 5) is 17.1. The lowest BCUT2D eigenvalue weighted by atomic mass is 10.2. The molecule has 25 heavy (non-hydrogen) atoms. The molecule has 0 spiro atoms. The maximum absolute atomic E-state index is 11.9. The molecule has 0 aliphatic heterocycles. The molecule has 1 N–H and O–H groups in total. The quantitative estimate of drug-likeness (QED) is 0.624. The van der Waals surface area contributed by atoms with Gasteiger partial charge < -0.3 is 14.6 Å². The Kier molecular flexibility index (Phi) is 5.79. The third kappa shape index (κ3) is 5.15. The molecular formula is C18H19N3O3S. The Labute approximate surface area is 149 Å². The van der Waals surface area contributed by atoms with Crippen LogP contribution in [0.15, 0.2) is 46.3 Å². The third-order valence-electron chi connectivity index (χ3n) is 3.48. The Balaban J connectivity index is 1.35. The number of nitrogens with zero attached hydrogens (tertiary/aromatic N) is 2. The van der Waals surface area contributed by atoms with Crippen LogP contribution in [0.2, 0.25) is 0 Å². The zero-order valence-corrected chi connectivity index (χ0v) is 14.7. The number of aryl methyl sites for hydroxylation is 1. The number of carbonyl (C=O) groups is 1. The number of rotatable bonds is 8. The molecule has 2 aromatic heterocycles. The molecule has 0 saturated heterocycles. The summed E-state index contributed by atoms with van der Waals surface area (Å²) in [6.45, 7) is 2.76. The summed E-state index contributed by atoms with van der Waals surface area (Å²) >= 11 is 1.54. The molecule has 3 rings (SSSR count). The van der Waals surface area contributed by atoms with Gasteiger partial charge in [-0.05, 0) is 36.9 Å². The fourth-order valence-corrected chi connectivity index (χ4v) is 2.80. The summed E-state index contributed by atoms with van der Waals surface area (Å²) in [7, 11) is 0. The van der Waals surface area contributed by atoms with Crippen LogP contribution < -0.4 is 10.1 Å². The average molecular weight is 357 g/mol. The molecule has 6 nitrogen and oxygen atoms in total. The molecule has 0 bridgehead atoms. The van der Waals surface area contributed by atoms with E-state index in [1.807, 2.05) is 48.7 Å². The van der Waals surface area contributed by atoms with Gasteiger partial charge in [-0.1, -0.05) is 28.9 Å². The second-order valence-electron chi connectivity index (χ2n) is 5.53. The van der Waals surface area contributed by atoms with Gasteiger partial charge in [-0.2, -0.15) is 4.98 Å². The van der Waals surface area contributed by atoms with Gasteiger partial charge in [-0.3, -0.25) is 4.79 Å². The highest BCUT2D eigenvalue weighted by Crippen LogP contribution is 2.21. The lowest BCUT2D eigenvalue weighted by molar-refractivity contribution is -0.121. The molecule has 0 atom stereocenters. The van der Waals surface area contributed by atoms with E-state index in [4.69, 9.17) is 9.26 Å². The number of hydrogen-bond donors (Lipinski definition) is 1. The molecule has 0 fully saturated rings. The van der Waals surface area contributed by atoms with E-state index in [1.54, 1.807) is 0 Å². The molecule has 7 heteroatoms. The standard InChI is InChI=1S/C18H19N3O3S/c1-13-6-8-14(9-7-13)23-10-2-5-16(22)19-12-17-20-18(21-24-17)15-4-3-11-25-15/h3-4,6-9,11H,2,5,10,12H2,1H3,(H,19,22). The van der Waals surface area contributed by atoms with E-state index in [0.717, 1.165) is 10.6 Å². The van der Waals surface area contributed by atoms with Crippen molar-refractivity contribution in [3.8, 4) is 16.5 Å². The van der Waals surface area contributed by atoms with Crippen molar-refractivity contribution in [2.45, 2.75) is 26.3 Å². The van der Waals surface area contributed by atoms with Crippen molar-refractivity contribution in [3.63, 3.8) is 0 Å². The average Bonchev–Trinajstić information content (AvgIpc) is 3.29. The second-order valence-corrected chi connectivity index (χ2v) is 6.48. The molecule has 0 radical (unpaired) electrons. The molecule has 0 saturated carbocycles. The van der Waals surface area contributed by atoms with E-state index in [-0.39, 0.29) is 12.5 Å². The maximum atomic E-state index is 11.9. The first-order valence-corrected chi connectivity index (χ1v) is 8.91. The summed E-state index contributed by atoms with van der Waals surface area (Å²) in [5.41, 5.74) is 1.19. The van der Waals surface area contributed by atoms with Gasteiger partial charge in [0.05, 0.1) is 18.0 Å². The first-order chi connectivity index (χ1) is 12.2. The van der Waals surface area contributed by atoms with Gasteiger partial charge in [-0.15, -0.1) is 11.3 Å². The van der Waals surface area contributed by atoms with Gasteiger partial charge in [0.25, 0.3) is 0 Å². The Morgan fingerprint density at radius 3 is 2.88 bits per heavy atom. The van der Waals surface area contributed by atoms with Crippen LogP contribution >= 0.6 is 11.3 Å². The fraction of sp³-hybridized carbons (Fsp3) is 0.278. The summed E-state index contributed by atoms with van der Waals surface area (Å²) in [5, 5.41) is 8.63. The zero-order valence-electron chi connectivity index (χ0n) is 13.9. The van der Waals surface area contributed by atoms with E-state index in [1.165, 1.54) is 16.9 Å². The maximum Gasteiger partial charge on any atom is 0.246 e. The molecular weight excluding hydrogens is 338 g/mol. The van der Waals surface area contributed by atoms with Crippen LogP contribution in [0, 0.1) is 6.92 Å². The first-order valence-electron chi connectivity index (χ1n) is 8.03. The number of amides is 1. The number of thiophene rings is 1. The monoisotopic (exact) mass is 357 g/mol. The third-order valence-corrected chi connectivity index (χ3v) is 4.35. The van der Waals surface area contributed by atoms with Crippen LogP contribution in [0.25, 0.3) is 10.7 Å². The fourth-order valence-electron chi connectivity index (χ4n) is 2.15. The van der Waals surface area contributed by atoms with E-state index in [9.17, 15) is 4.79 Å². The number of hydrogen-bond acceptors (Lipinski definition) is 6. The zero-order chi connectivity index (χ0) is 17.5. The van der Waals surface area contributed by atoms with Gasteiger partial charge >= 0.3 is 0 Å². The minimum atomic E-state index is -0.0663. The molecule has 130 valence electrons. The van der Waals surface area contributed by atoms with Gasteiger partial charge in [0, 0.05) is 6.42 Å². The van der Waals surface area contributed by atoms with Gasteiger partial charge in [0.15, 0.2) is 0 Å². The van der Waals surface area contributed by atoms with Crippen LogP contribution in [-0.4, -0.2) is 22.7 Å². The van der Waals surface area contributed by atoms with Crippen LogP contribution in [0.1, 0.15) is 24.3 Å². The van der Waals surface area contributed by atoms with Crippen LogP contribution in [0.3, 0.4) is 0 Å². The Bertz CT molecular complexity index is 797. The van der Waals surface area contributed by atoms with Crippen LogP contribution in [0.4, 0.5) is 0 Å². The van der Waals surface area contributed by atoms with Gasteiger partial charge in [-0.25, -0.2) is 0 Å². The Morgan fingerprint density at radius 2 is 2.12 bits per heavy atom. The van der Waals surface area contributed by atoms with Crippen molar-refractivity contribution in [3.05, 3.63) is 53.2 Å². The number of ether oxygens (including phenoxy) is 1. The SMILES string of the molecule is Cc1ccc(OCCCC(=O)NCc2nc(-c3cccs3)no2)cc1. The minimum absolute atomic E-state index is 0.0663. The number of aromatic nitrogens is 2. The van der Waals surface area contributed by atoms with Crippen molar-refractivity contribution in [2.75, 3.05) is 6.61 Å². The molecule has 3 aromatic rings. The Hall–Kier alpha value is -2.67. The highest BCUT2D eigenvalue weighted by molar-refractivity contribution is 7.13. The number of carbonyl (C=O) groups excluding carboxylic acids is 1. The molecule has 1 aromatic carbocycles. The largest absolute Gasteiger partial charge is 0.494 e. The van der Waals surface area contributed by atoms with Crippen molar-refractivity contribution < 1.29 is 14.1 Å². The number of benzene rings is 1. The summed E-state index contributed by atoms with van der Waals surface area (Å²) in [6.07, 6.45) is 1.03. The van der Waals surface area contributed by atoms with E-state index in [0.29, 0.717) is 31.2 Å². The van der Waals surface area contributed by atoms with Crippen molar-refractivity contribution in [2.24, 2.45) is 0 Å². The molecule has 0 unspecified atom stereocenters. The topological polar surface area (TPSA) is 77.2 Å². The molecule has 1 amide bonds. The molecule has 0 aliphatic rings. The summed E-state index contributed by atoms with van der Waals surface area (Å²) in [5.74, 6) is 1.69. The Morgan fingerprint density at radius 1 is 1.28 bits per heavy atom. The normalized spacial score (nSPS) is 10.6. The van der Waals surface area contributed by atoms with E-state index in [2.05, 4.69) is 15.5 Å². The van der Waals surface area contributed by atoms with Gasteiger partial charge in [0.2, 0.25) is 17.6 Å². The predicted molar refractivity (Wildman–Crippen MR) is 95.4 cm³/mol. The van der Waals surface area contributed by atoms with Crippen molar-refractivity contribution in [1.82, 2.24) is 15.5 Å². The first kappa shape index (κ1) is 17.2. The molecule has 2 heterocycles. The van der Waals surface area contributed by atoms with Crippen LogP contribution in [-0.2, 0) is 11.3 Å². The lowest BCUT2D eigenvalue weighted by Crippen LogP contribution is -2.23. The van der Waals surface area contributed by atoms with Crippen molar-refractivity contribution in [1.29, 1.82) is 0 Å². The highest BCUT2D eigenvalue weighted by atomic mass is 32.1. The van der Waals surface area contributed by atoms with Gasteiger partial charge in [0.1, 0.15) is 5.75 Å². The second kappa shape index (κ2) is 8.43. The van der Waals surface area contributed by atoms with E-state index >= 15 is 0 Å². The minimum Gasteiger partial charge on any atom is -0.494 e. The van der Waals surface area contributed by atoms with Crippen LogP contribution in [0.5, 0.6) is 5.75 Å².